The van der Waals surface area contributed by atoms with Gasteiger partial charge in [-0.15, -0.1) is 0 Å². The van der Waals surface area contributed by atoms with Crippen molar-refractivity contribution in [2.75, 3.05) is 0 Å². The first-order valence-corrected chi connectivity index (χ1v) is 9.92. The zero-order chi connectivity index (χ0) is 18.5. The van der Waals surface area contributed by atoms with E-state index in [1.165, 1.54) is 0 Å². The first-order chi connectivity index (χ1) is 12.4. The maximum Gasteiger partial charge on any atom is 0.239 e. The first-order valence-electron chi connectivity index (χ1n) is 8.37. The smallest absolute Gasteiger partial charge is 0.239 e. The van der Waals surface area contributed by atoms with Crippen molar-refractivity contribution in [2.45, 2.75) is 30.0 Å². The van der Waals surface area contributed by atoms with E-state index in [1.54, 1.807) is 18.5 Å². The molecule has 0 aliphatic carbocycles. The molecule has 1 aromatic heterocycles. The number of rotatable bonds is 3. The van der Waals surface area contributed by atoms with Crippen molar-refractivity contribution in [3.8, 4) is 0 Å². The van der Waals surface area contributed by atoms with Crippen molar-refractivity contribution in [3.05, 3.63) is 59.4 Å². The quantitative estimate of drug-likeness (QED) is 0.765. The van der Waals surface area contributed by atoms with Gasteiger partial charge in [0.25, 0.3) is 0 Å². The molecular weight excluding hydrogens is 350 g/mol. The predicted molar refractivity (Wildman–Crippen MR) is 98.4 cm³/mol. The number of nitrogens with one attached hydrogen (secondary N) is 1. The molecule has 0 radical (unpaired) electrons. The van der Waals surface area contributed by atoms with E-state index in [0.29, 0.717) is 0 Å². The molecule has 1 N–H and O–H groups in total. The number of nitrogens with zero attached hydrogens (tertiary/aromatic N) is 2. The van der Waals surface area contributed by atoms with Crippen molar-refractivity contribution in [2.24, 2.45) is 7.05 Å². The molecule has 0 bridgehead atoms. The summed E-state index contributed by atoms with van der Waals surface area (Å²) in [6, 6.07) is 11.0. The summed E-state index contributed by atoms with van der Waals surface area (Å²) in [4.78, 5) is 17.1. The lowest BCUT2D eigenvalue weighted by atomic mass is 10.1. The van der Waals surface area contributed by atoms with Crippen LogP contribution in [-0.4, -0.2) is 29.1 Å². The van der Waals surface area contributed by atoms with Gasteiger partial charge in [-0.1, -0.05) is 23.8 Å². The summed E-state index contributed by atoms with van der Waals surface area (Å²) in [5.41, 5.74) is 4.44. The second kappa shape index (κ2) is 5.95. The van der Waals surface area contributed by atoms with Crippen LogP contribution in [0.15, 0.2) is 47.6 Å². The Kier molecular flexibility index (Phi) is 3.84. The second-order valence-corrected chi connectivity index (χ2v) is 8.84. The summed E-state index contributed by atoms with van der Waals surface area (Å²) in [5, 5.41) is 1.71. The lowest BCUT2D eigenvalue weighted by Crippen LogP contribution is -2.38. The molecule has 3 aromatic rings. The van der Waals surface area contributed by atoms with Crippen LogP contribution in [0.4, 0.5) is 0 Å². The number of carbonyl (C=O) groups is 1. The highest BCUT2D eigenvalue weighted by molar-refractivity contribution is 7.93. The number of hydrogen-bond donors (Lipinski definition) is 1. The van der Waals surface area contributed by atoms with Gasteiger partial charge < -0.3 is 9.88 Å². The van der Waals surface area contributed by atoms with Crippen LogP contribution in [0.3, 0.4) is 0 Å². The minimum atomic E-state index is -3.63. The lowest BCUT2D eigenvalue weighted by molar-refractivity contribution is -0.120. The van der Waals surface area contributed by atoms with Gasteiger partial charge in [-0.25, -0.2) is 13.4 Å². The molecule has 6 nitrogen and oxygen atoms in total. The molecule has 1 amide bonds. The monoisotopic (exact) mass is 369 g/mol. The highest BCUT2D eigenvalue weighted by atomic mass is 32.2. The standard InChI is InChI=1S/C19H19N3O3S/c1-12-3-6-17-14(7-12)9-18(26(17,24)25)19(23)20-10-13-4-5-16-15(8-13)21-11-22(16)2/h3-8,11,18H,9-10H2,1-2H3,(H,20,23). The van der Waals surface area contributed by atoms with Crippen LogP contribution in [0.2, 0.25) is 0 Å². The molecule has 1 aliphatic heterocycles. The van der Waals surface area contributed by atoms with Gasteiger partial charge >= 0.3 is 0 Å². The third kappa shape index (κ3) is 2.68. The fraction of sp³-hybridized carbons (Fsp3) is 0.263. The molecule has 0 fully saturated rings. The van der Waals surface area contributed by atoms with E-state index < -0.39 is 21.0 Å². The van der Waals surface area contributed by atoms with Crippen molar-refractivity contribution in [1.29, 1.82) is 0 Å². The molecule has 26 heavy (non-hydrogen) atoms. The fourth-order valence-corrected chi connectivity index (χ4v) is 5.27. The Morgan fingerprint density at radius 1 is 1.27 bits per heavy atom. The van der Waals surface area contributed by atoms with Gasteiger partial charge in [-0.2, -0.15) is 0 Å². The molecule has 0 saturated carbocycles. The van der Waals surface area contributed by atoms with Crippen LogP contribution in [-0.2, 0) is 34.6 Å². The first kappa shape index (κ1) is 16.8. The SMILES string of the molecule is Cc1ccc2c(c1)CC(C(=O)NCc1ccc3c(c1)ncn3C)S2(=O)=O. The van der Waals surface area contributed by atoms with Gasteiger partial charge in [0.05, 0.1) is 22.3 Å². The summed E-state index contributed by atoms with van der Waals surface area (Å²) < 4.78 is 27.2. The number of benzene rings is 2. The van der Waals surface area contributed by atoms with E-state index in [-0.39, 0.29) is 17.9 Å². The summed E-state index contributed by atoms with van der Waals surface area (Å²) in [7, 11) is -1.71. The average molecular weight is 369 g/mol. The number of aromatic nitrogens is 2. The summed E-state index contributed by atoms with van der Waals surface area (Å²) >= 11 is 0. The highest BCUT2D eigenvalue weighted by Gasteiger charge is 2.41. The Hall–Kier alpha value is -2.67. The maximum absolute atomic E-state index is 12.7. The molecule has 0 saturated heterocycles. The van der Waals surface area contributed by atoms with Crippen LogP contribution in [0.1, 0.15) is 16.7 Å². The Morgan fingerprint density at radius 3 is 2.88 bits per heavy atom. The maximum atomic E-state index is 12.7. The Bertz CT molecular complexity index is 1130. The number of hydrogen-bond acceptors (Lipinski definition) is 4. The molecule has 134 valence electrons. The third-order valence-electron chi connectivity index (χ3n) is 4.85. The van der Waals surface area contributed by atoms with Gasteiger partial charge in [0, 0.05) is 13.6 Å². The molecule has 7 heteroatoms. The number of carbonyl (C=O) groups excluding carboxylic acids is 1. The lowest BCUT2D eigenvalue weighted by Gasteiger charge is -2.11. The van der Waals surface area contributed by atoms with Crippen LogP contribution in [0.25, 0.3) is 11.0 Å². The minimum Gasteiger partial charge on any atom is -0.351 e. The van der Waals surface area contributed by atoms with Crippen LogP contribution in [0.5, 0.6) is 0 Å². The average Bonchev–Trinajstić information content (AvgIpc) is 3.09. The number of amides is 1. The number of imidazole rings is 1. The van der Waals surface area contributed by atoms with Crippen LogP contribution >= 0.6 is 0 Å². The Labute approximate surface area is 151 Å². The molecular formula is C19H19N3O3S. The van der Waals surface area contributed by atoms with Crippen molar-refractivity contribution in [3.63, 3.8) is 0 Å². The van der Waals surface area contributed by atoms with Crippen molar-refractivity contribution < 1.29 is 13.2 Å². The molecule has 1 aliphatic rings. The van der Waals surface area contributed by atoms with E-state index in [9.17, 15) is 13.2 Å². The topological polar surface area (TPSA) is 81.1 Å². The van der Waals surface area contributed by atoms with E-state index in [0.717, 1.165) is 27.7 Å². The summed E-state index contributed by atoms with van der Waals surface area (Å²) in [5.74, 6) is -0.458. The van der Waals surface area contributed by atoms with E-state index in [2.05, 4.69) is 10.3 Å². The zero-order valence-corrected chi connectivity index (χ0v) is 15.4. The normalized spacial score (nSPS) is 18.0. The fourth-order valence-electron chi connectivity index (χ4n) is 3.44. The molecule has 1 unspecified atom stereocenters. The number of fused-ring (bicyclic) bond motifs is 2. The van der Waals surface area contributed by atoms with Crippen molar-refractivity contribution >= 4 is 26.8 Å². The van der Waals surface area contributed by atoms with Gasteiger partial charge in [0.15, 0.2) is 9.84 Å². The predicted octanol–water partition coefficient (Wildman–Crippen LogP) is 1.90. The number of aryl methyl sites for hydroxylation is 2. The van der Waals surface area contributed by atoms with Gasteiger partial charge in [0.1, 0.15) is 5.25 Å². The highest BCUT2D eigenvalue weighted by Crippen LogP contribution is 2.32. The molecule has 4 rings (SSSR count). The Morgan fingerprint density at radius 2 is 2.08 bits per heavy atom. The van der Waals surface area contributed by atoms with Crippen LogP contribution < -0.4 is 5.32 Å². The minimum absolute atomic E-state index is 0.227. The molecule has 2 aromatic carbocycles. The van der Waals surface area contributed by atoms with E-state index in [1.807, 2.05) is 42.8 Å². The molecule has 1 atom stereocenters. The molecule has 0 spiro atoms. The third-order valence-corrected chi connectivity index (χ3v) is 6.99. The second-order valence-electron chi connectivity index (χ2n) is 6.75. The Balaban J connectivity index is 1.51. The summed E-state index contributed by atoms with van der Waals surface area (Å²) in [6.07, 6.45) is 1.96. The van der Waals surface area contributed by atoms with E-state index >= 15 is 0 Å². The molecule has 2 heterocycles. The largest absolute Gasteiger partial charge is 0.351 e. The summed E-state index contributed by atoms with van der Waals surface area (Å²) in [6.45, 7) is 2.18. The van der Waals surface area contributed by atoms with Crippen LogP contribution in [0, 0.1) is 6.92 Å². The zero-order valence-electron chi connectivity index (χ0n) is 14.6. The van der Waals surface area contributed by atoms with Gasteiger partial charge in [-0.05, 0) is 42.7 Å². The van der Waals surface area contributed by atoms with E-state index in [4.69, 9.17) is 0 Å². The number of sulfone groups is 1. The van der Waals surface area contributed by atoms with Crippen molar-refractivity contribution in [1.82, 2.24) is 14.9 Å². The van der Waals surface area contributed by atoms with Gasteiger partial charge in [-0.3, -0.25) is 4.79 Å². The van der Waals surface area contributed by atoms with Gasteiger partial charge in [0.2, 0.25) is 5.91 Å².